The summed E-state index contributed by atoms with van der Waals surface area (Å²) in [6, 6.07) is 4.43. The Kier molecular flexibility index (Phi) is 6.16. The van der Waals surface area contributed by atoms with Gasteiger partial charge in [0.2, 0.25) is 0 Å². The molecule has 1 aromatic carbocycles. The topological polar surface area (TPSA) is 26.3 Å². The first-order chi connectivity index (χ1) is 8.13. The molecule has 0 radical (unpaired) electrons. The first kappa shape index (κ1) is 14.1. The normalized spacial score (nSPS) is 10.5. The van der Waals surface area contributed by atoms with E-state index < -0.39 is 5.82 Å². The summed E-state index contributed by atoms with van der Waals surface area (Å²) in [4.78, 5) is 11.5. The lowest BCUT2D eigenvalue weighted by molar-refractivity contribution is -0.119. The van der Waals surface area contributed by atoms with E-state index in [9.17, 15) is 9.18 Å². The van der Waals surface area contributed by atoms with E-state index >= 15 is 0 Å². The summed E-state index contributed by atoms with van der Waals surface area (Å²) in [6.07, 6.45) is 1.53. The van der Waals surface area contributed by atoms with Crippen LogP contribution in [0, 0.1) is 5.82 Å². The van der Waals surface area contributed by atoms with Crippen LogP contribution in [0.3, 0.4) is 0 Å². The second kappa shape index (κ2) is 7.41. The summed E-state index contributed by atoms with van der Waals surface area (Å²) in [5.74, 6) is -0.443. The molecule has 17 heavy (non-hydrogen) atoms. The van der Waals surface area contributed by atoms with Crippen LogP contribution in [0.25, 0.3) is 0 Å². The van der Waals surface area contributed by atoms with E-state index in [1.807, 2.05) is 6.92 Å². The molecular formula is C13H16ClFO2. The number of Topliss-reactive ketones (excluding diaryl/α,β-unsaturated/α-hetero) is 1. The third kappa shape index (κ3) is 5.29. The number of ether oxygens (including phenoxy) is 1. The number of hydrogen-bond donors (Lipinski definition) is 0. The molecular weight excluding hydrogens is 243 g/mol. The van der Waals surface area contributed by atoms with Gasteiger partial charge in [-0.3, -0.25) is 4.79 Å². The van der Waals surface area contributed by atoms with Crippen molar-refractivity contribution in [1.29, 1.82) is 0 Å². The van der Waals surface area contributed by atoms with Gasteiger partial charge in [0.1, 0.15) is 11.6 Å². The van der Waals surface area contributed by atoms with Crippen molar-refractivity contribution in [2.75, 3.05) is 13.2 Å². The van der Waals surface area contributed by atoms with Gasteiger partial charge >= 0.3 is 0 Å². The molecule has 0 aliphatic carbocycles. The lowest BCUT2D eigenvalue weighted by atomic mass is 10.1. The average Bonchev–Trinajstić information content (AvgIpc) is 2.30. The Morgan fingerprint density at radius 2 is 2.18 bits per heavy atom. The van der Waals surface area contributed by atoms with Crippen LogP contribution in [0.1, 0.15) is 25.3 Å². The number of ketones is 1. The molecule has 0 fully saturated rings. The van der Waals surface area contributed by atoms with E-state index in [4.69, 9.17) is 16.3 Å². The fourth-order valence-corrected chi connectivity index (χ4v) is 1.52. The molecule has 0 heterocycles. The Hall–Kier alpha value is -0.930. The lowest BCUT2D eigenvalue weighted by Gasteiger charge is -2.03. The summed E-state index contributed by atoms with van der Waals surface area (Å²) in [6.45, 7) is 3.11. The summed E-state index contributed by atoms with van der Waals surface area (Å²) in [5, 5.41) is 0.0764. The van der Waals surface area contributed by atoms with Crippen molar-refractivity contribution >= 4 is 17.4 Å². The molecule has 2 nitrogen and oxygen atoms in total. The van der Waals surface area contributed by atoms with Gasteiger partial charge in [0.05, 0.1) is 11.6 Å². The van der Waals surface area contributed by atoms with Crippen molar-refractivity contribution in [2.45, 2.75) is 26.2 Å². The minimum absolute atomic E-state index is 0.0443. The van der Waals surface area contributed by atoms with Crippen LogP contribution in [-0.4, -0.2) is 19.0 Å². The predicted octanol–water partition coefficient (Wildman–Crippen LogP) is 3.41. The van der Waals surface area contributed by atoms with Crippen LogP contribution in [0.5, 0.6) is 0 Å². The quantitative estimate of drug-likeness (QED) is 0.701. The summed E-state index contributed by atoms with van der Waals surface area (Å²) < 4.78 is 18.3. The highest BCUT2D eigenvalue weighted by Gasteiger charge is 2.06. The van der Waals surface area contributed by atoms with Crippen LogP contribution in [0.4, 0.5) is 4.39 Å². The third-order valence-electron chi connectivity index (χ3n) is 2.26. The number of benzene rings is 1. The smallest absolute Gasteiger partial charge is 0.142 e. The Morgan fingerprint density at radius 3 is 2.82 bits per heavy atom. The molecule has 0 bridgehead atoms. The van der Waals surface area contributed by atoms with Crippen LogP contribution in [-0.2, 0) is 16.0 Å². The maximum absolute atomic E-state index is 13.1. The largest absolute Gasteiger partial charge is 0.381 e. The van der Waals surface area contributed by atoms with E-state index in [1.54, 1.807) is 6.07 Å². The highest BCUT2D eigenvalue weighted by Crippen LogP contribution is 2.16. The Morgan fingerprint density at radius 1 is 1.41 bits per heavy atom. The van der Waals surface area contributed by atoms with Gasteiger partial charge in [0, 0.05) is 19.4 Å². The maximum atomic E-state index is 13.1. The van der Waals surface area contributed by atoms with Gasteiger partial charge in [-0.2, -0.15) is 0 Å². The third-order valence-corrected chi connectivity index (χ3v) is 2.57. The van der Waals surface area contributed by atoms with Crippen LogP contribution in [0.15, 0.2) is 18.2 Å². The molecule has 0 spiro atoms. The number of rotatable bonds is 7. The van der Waals surface area contributed by atoms with Crippen molar-refractivity contribution in [3.05, 3.63) is 34.6 Å². The molecule has 0 N–H and O–H groups in total. The first-order valence-corrected chi connectivity index (χ1v) is 6.04. The van der Waals surface area contributed by atoms with Gasteiger partial charge in [0.15, 0.2) is 0 Å². The summed E-state index contributed by atoms with van der Waals surface area (Å²) in [5.41, 5.74) is 0.646. The molecule has 0 aliphatic rings. The average molecular weight is 259 g/mol. The molecule has 0 aliphatic heterocycles. The second-order valence-corrected chi connectivity index (χ2v) is 4.23. The molecule has 0 saturated heterocycles. The van der Waals surface area contributed by atoms with Gasteiger partial charge in [-0.25, -0.2) is 4.39 Å². The van der Waals surface area contributed by atoms with E-state index in [-0.39, 0.29) is 17.2 Å². The minimum Gasteiger partial charge on any atom is -0.381 e. The second-order valence-electron chi connectivity index (χ2n) is 3.83. The van der Waals surface area contributed by atoms with Gasteiger partial charge in [-0.1, -0.05) is 24.6 Å². The fraction of sp³-hybridized carbons (Fsp3) is 0.462. The number of hydrogen-bond acceptors (Lipinski definition) is 2. The monoisotopic (exact) mass is 258 g/mol. The van der Waals surface area contributed by atoms with Gasteiger partial charge < -0.3 is 4.74 Å². The van der Waals surface area contributed by atoms with Crippen molar-refractivity contribution < 1.29 is 13.9 Å². The Bertz CT molecular complexity index is 380. The van der Waals surface area contributed by atoms with E-state index in [0.717, 1.165) is 6.42 Å². The zero-order valence-electron chi connectivity index (χ0n) is 9.84. The molecule has 4 heteroatoms. The standard InChI is InChI=1S/C13H16ClFO2/c1-2-6-17-7-5-11(16)8-10-3-4-12(14)13(15)9-10/h3-4,9H,2,5-8H2,1H3. The van der Waals surface area contributed by atoms with Crippen molar-refractivity contribution in [3.8, 4) is 0 Å². The van der Waals surface area contributed by atoms with E-state index in [0.29, 0.717) is 25.2 Å². The van der Waals surface area contributed by atoms with Crippen LogP contribution in [0.2, 0.25) is 5.02 Å². The zero-order chi connectivity index (χ0) is 12.7. The Labute approximate surface area is 106 Å². The molecule has 94 valence electrons. The molecule has 1 aromatic rings. The number of halogens is 2. The van der Waals surface area contributed by atoms with E-state index in [2.05, 4.69) is 0 Å². The highest BCUT2D eigenvalue weighted by atomic mass is 35.5. The van der Waals surface area contributed by atoms with Gasteiger partial charge in [-0.05, 0) is 24.1 Å². The minimum atomic E-state index is -0.487. The van der Waals surface area contributed by atoms with Crippen LogP contribution >= 0.6 is 11.6 Å². The number of carbonyl (C=O) groups excluding carboxylic acids is 1. The first-order valence-electron chi connectivity index (χ1n) is 5.67. The summed E-state index contributed by atoms with van der Waals surface area (Å²) in [7, 11) is 0. The highest BCUT2D eigenvalue weighted by molar-refractivity contribution is 6.30. The zero-order valence-corrected chi connectivity index (χ0v) is 10.6. The Balaban J connectivity index is 2.37. The fourth-order valence-electron chi connectivity index (χ4n) is 1.40. The van der Waals surface area contributed by atoms with Crippen molar-refractivity contribution in [2.24, 2.45) is 0 Å². The predicted molar refractivity (Wildman–Crippen MR) is 65.8 cm³/mol. The van der Waals surface area contributed by atoms with Gasteiger partial charge in [0.25, 0.3) is 0 Å². The number of carbonyl (C=O) groups is 1. The van der Waals surface area contributed by atoms with Crippen molar-refractivity contribution in [3.63, 3.8) is 0 Å². The maximum Gasteiger partial charge on any atom is 0.142 e. The van der Waals surface area contributed by atoms with Crippen LogP contribution < -0.4 is 0 Å². The molecule has 0 amide bonds. The molecule has 0 unspecified atom stereocenters. The molecule has 0 saturated carbocycles. The molecule has 1 rings (SSSR count). The summed E-state index contributed by atoms with van der Waals surface area (Å²) >= 11 is 5.56. The SMILES string of the molecule is CCCOCCC(=O)Cc1ccc(Cl)c(F)c1. The molecule has 0 aromatic heterocycles. The molecule has 0 atom stereocenters. The van der Waals surface area contributed by atoms with Gasteiger partial charge in [-0.15, -0.1) is 0 Å². The van der Waals surface area contributed by atoms with E-state index in [1.165, 1.54) is 12.1 Å². The van der Waals surface area contributed by atoms with Crippen molar-refractivity contribution in [1.82, 2.24) is 0 Å². The lowest BCUT2D eigenvalue weighted by Crippen LogP contribution is -2.07.